The number of hydrogen-bond acceptors (Lipinski definition) is 2. The molecular weight excluding hydrogens is 224 g/mol. The standard InChI is InChI=1S/C15H12N2O/c1-17-15(12(10-18)9-16-17)14-8-4-6-11-5-2-3-7-13(11)14/h2-10H,1H3. The van der Waals surface area contributed by atoms with E-state index in [1.54, 1.807) is 10.9 Å². The van der Waals surface area contributed by atoms with Crippen LogP contribution in [0.1, 0.15) is 10.4 Å². The molecule has 0 saturated carbocycles. The highest BCUT2D eigenvalue weighted by atomic mass is 16.1. The molecule has 0 atom stereocenters. The monoisotopic (exact) mass is 236 g/mol. The number of rotatable bonds is 2. The molecule has 0 radical (unpaired) electrons. The van der Waals surface area contributed by atoms with Crippen molar-refractivity contribution in [3.05, 3.63) is 54.2 Å². The maximum Gasteiger partial charge on any atom is 0.153 e. The number of benzene rings is 2. The van der Waals surface area contributed by atoms with Gasteiger partial charge in [0.25, 0.3) is 0 Å². The van der Waals surface area contributed by atoms with Crippen molar-refractivity contribution in [2.24, 2.45) is 7.05 Å². The molecule has 2 aromatic carbocycles. The summed E-state index contributed by atoms with van der Waals surface area (Å²) < 4.78 is 1.74. The lowest BCUT2D eigenvalue weighted by atomic mass is 10.0. The van der Waals surface area contributed by atoms with Gasteiger partial charge < -0.3 is 0 Å². The van der Waals surface area contributed by atoms with Crippen molar-refractivity contribution in [3.8, 4) is 11.3 Å². The predicted molar refractivity (Wildman–Crippen MR) is 71.5 cm³/mol. The van der Waals surface area contributed by atoms with Crippen molar-refractivity contribution in [3.63, 3.8) is 0 Å². The zero-order valence-electron chi connectivity index (χ0n) is 10.00. The number of nitrogens with zero attached hydrogens (tertiary/aromatic N) is 2. The van der Waals surface area contributed by atoms with Crippen LogP contribution in [0.5, 0.6) is 0 Å². The first kappa shape index (κ1) is 10.7. The third-order valence-electron chi connectivity index (χ3n) is 3.14. The smallest absolute Gasteiger partial charge is 0.153 e. The fourth-order valence-corrected chi connectivity index (χ4v) is 2.30. The second-order valence-electron chi connectivity index (χ2n) is 4.22. The molecule has 0 unspecified atom stereocenters. The van der Waals surface area contributed by atoms with E-state index >= 15 is 0 Å². The van der Waals surface area contributed by atoms with Crippen LogP contribution in [-0.2, 0) is 7.05 Å². The Morgan fingerprint density at radius 2 is 1.89 bits per heavy atom. The van der Waals surface area contributed by atoms with Crippen molar-refractivity contribution >= 4 is 17.1 Å². The summed E-state index contributed by atoms with van der Waals surface area (Å²) in [6.45, 7) is 0. The summed E-state index contributed by atoms with van der Waals surface area (Å²) in [5.41, 5.74) is 2.52. The largest absolute Gasteiger partial charge is 0.298 e. The molecule has 0 N–H and O–H groups in total. The van der Waals surface area contributed by atoms with E-state index in [2.05, 4.69) is 23.3 Å². The van der Waals surface area contributed by atoms with Gasteiger partial charge in [-0.3, -0.25) is 9.48 Å². The van der Waals surface area contributed by atoms with Crippen LogP contribution in [0, 0.1) is 0 Å². The number of hydrogen-bond donors (Lipinski definition) is 0. The summed E-state index contributed by atoms with van der Waals surface area (Å²) in [5.74, 6) is 0. The molecule has 0 aliphatic heterocycles. The first-order valence-electron chi connectivity index (χ1n) is 5.76. The van der Waals surface area contributed by atoms with Gasteiger partial charge in [0.05, 0.1) is 17.5 Å². The Morgan fingerprint density at radius 1 is 1.11 bits per heavy atom. The molecule has 0 amide bonds. The Labute approximate surface area is 105 Å². The fourth-order valence-electron chi connectivity index (χ4n) is 2.30. The van der Waals surface area contributed by atoms with E-state index in [-0.39, 0.29) is 0 Å². The van der Waals surface area contributed by atoms with E-state index in [9.17, 15) is 4.79 Å². The summed E-state index contributed by atoms with van der Waals surface area (Å²) in [5, 5.41) is 6.45. The third-order valence-corrected chi connectivity index (χ3v) is 3.14. The normalized spacial score (nSPS) is 10.7. The Balaban J connectivity index is 2.38. The highest BCUT2D eigenvalue weighted by Crippen LogP contribution is 2.29. The minimum absolute atomic E-state index is 0.619. The molecule has 18 heavy (non-hydrogen) atoms. The summed E-state index contributed by atoms with van der Waals surface area (Å²) in [4.78, 5) is 11.1. The Hall–Kier alpha value is -2.42. The van der Waals surface area contributed by atoms with E-state index in [0.29, 0.717) is 5.56 Å². The maximum absolute atomic E-state index is 11.1. The van der Waals surface area contributed by atoms with Gasteiger partial charge in [-0.1, -0.05) is 42.5 Å². The van der Waals surface area contributed by atoms with Gasteiger partial charge in [-0.25, -0.2) is 0 Å². The average molecular weight is 236 g/mol. The van der Waals surface area contributed by atoms with E-state index in [0.717, 1.165) is 28.3 Å². The molecule has 1 heterocycles. The van der Waals surface area contributed by atoms with Crippen LogP contribution in [-0.4, -0.2) is 16.1 Å². The zero-order chi connectivity index (χ0) is 12.5. The summed E-state index contributed by atoms with van der Waals surface area (Å²) >= 11 is 0. The van der Waals surface area contributed by atoms with Gasteiger partial charge in [-0.05, 0) is 10.8 Å². The SMILES string of the molecule is Cn1ncc(C=O)c1-c1cccc2ccccc12. The van der Waals surface area contributed by atoms with Crippen LogP contribution in [0.15, 0.2) is 48.7 Å². The minimum atomic E-state index is 0.619. The molecule has 0 spiro atoms. The molecule has 0 saturated heterocycles. The van der Waals surface area contributed by atoms with Crippen molar-refractivity contribution in [2.75, 3.05) is 0 Å². The molecular formula is C15H12N2O. The van der Waals surface area contributed by atoms with Crippen molar-refractivity contribution < 1.29 is 4.79 Å². The molecule has 88 valence electrons. The summed E-state index contributed by atoms with van der Waals surface area (Å²) in [7, 11) is 1.85. The average Bonchev–Trinajstić information content (AvgIpc) is 2.79. The van der Waals surface area contributed by atoms with E-state index in [1.165, 1.54) is 0 Å². The van der Waals surface area contributed by atoms with E-state index in [4.69, 9.17) is 0 Å². The topological polar surface area (TPSA) is 34.9 Å². The Bertz CT molecular complexity index is 723. The number of carbonyl (C=O) groups excluding carboxylic acids is 1. The maximum atomic E-state index is 11.1. The number of aldehydes is 1. The Morgan fingerprint density at radius 3 is 2.72 bits per heavy atom. The summed E-state index contributed by atoms with van der Waals surface area (Å²) in [6, 6.07) is 14.2. The minimum Gasteiger partial charge on any atom is -0.298 e. The van der Waals surface area contributed by atoms with Crippen molar-refractivity contribution in [1.29, 1.82) is 0 Å². The predicted octanol–water partition coefficient (Wildman–Crippen LogP) is 3.05. The first-order chi connectivity index (χ1) is 8.81. The van der Waals surface area contributed by atoms with E-state index in [1.807, 2.05) is 31.3 Å². The molecule has 0 fully saturated rings. The van der Waals surface area contributed by atoms with Gasteiger partial charge in [0.1, 0.15) is 0 Å². The number of fused-ring (bicyclic) bond motifs is 1. The molecule has 3 heteroatoms. The van der Waals surface area contributed by atoms with Crippen LogP contribution in [0.3, 0.4) is 0 Å². The number of carbonyl (C=O) groups is 1. The lowest BCUT2D eigenvalue weighted by molar-refractivity contribution is 0.112. The van der Waals surface area contributed by atoms with Gasteiger partial charge in [0, 0.05) is 12.6 Å². The van der Waals surface area contributed by atoms with Crippen LogP contribution < -0.4 is 0 Å². The molecule has 1 aromatic heterocycles. The summed E-state index contributed by atoms with van der Waals surface area (Å²) in [6.07, 6.45) is 2.45. The van der Waals surface area contributed by atoms with Crippen molar-refractivity contribution in [2.45, 2.75) is 0 Å². The number of aromatic nitrogens is 2. The molecule has 3 nitrogen and oxygen atoms in total. The van der Waals surface area contributed by atoms with Crippen LogP contribution >= 0.6 is 0 Å². The second-order valence-corrected chi connectivity index (χ2v) is 4.22. The van der Waals surface area contributed by atoms with Gasteiger partial charge >= 0.3 is 0 Å². The van der Waals surface area contributed by atoms with Crippen molar-refractivity contribution in [1.82, 2.24) is 9.78 Å². The second kappa shape index (κ2) is 4.11. The third kappa shape index (κ3) is 1.52. The molecule has 0 aliphatic carbocycles. The van der Waals surface area contributed by atoms with Gasteiger partial charge in [-0.2, -0.15) is 5.10 Å². The van der Waals surface area contributed by atoms with Crippen LogP contribution in [0.4, 0.5) is 0 Å². The van der Waals surface area contributed by atoms with Gasteiger partial charge in [0.15, 0.2) is 6.29 Å². The zero-order valence-corrected chi connectivity index (χ0v) is 10.00. The lowest BCUT2D eigenvalue weighted by Crippen LogP contribution is -1.96. The quantitative estimate of drug-likeness (QED) is 0.641. The highest BCUT2D eigenvalue weighted by molar-refractivity contribution is 5.99. The van der Waals surface area contributed by atoms with Crippen LogP contribution in [0.2, 0.25) is 0 Å². The Kier molecular flexibility index (Phi) is 2.45. The van der Waals surface area contributed by atoms with Gasteiger partial charge in [0.2, 0.25) is 0 Å². The molecule has 3 rings (SSSR count). The van der Waals surface area contributed by atoms with Gasteiger partial charge in [-0.15, -0.1) is 0 Å². The number of aryl methyl sites for hydroxylation is 1. The van der Waals surface area contributed by atoms with E-state index < -0.39 is 0 Å². The first-order valence-corrected chi connectivity index (χ1v) is 5.76. The van der Waals surface area contributed by atoms with Crippen LogP contribution in [0.25, 0.3) is 22.0 Å². The molecule has 3 aromatic rings. The highest BCUT2D eigenvalue weighted by Gasteiger charge is 2.12. The molecule has 0 bridgehead atoms. The fraction of sp³-hybridized carbons (Fsp3) is 0.0667. The molecule has 0 aliphatic rings. The lowest BCUT2D eigenvalue weighted by Gasteiger charge is -2.07.